The van der Waals surface area contributed by atoms with Gasteiger partial charge in [0.25, 0.3) is 0 Å². The Labute approximate surface area is 189 Å². The lowest BCUT2D eigenvalue weighted by Crippen LogP contribution is -2.48. The molecule has 4 nitrogen and oxygen atoms in total. The molecule has 0 aliphatic rings. The fourth-order valence-corrected chi connectivity index (χ4v) is 3.42. The average Bonchev–Trinajstić information content (AvgIpc) is 2.75. The lowest BCUT2D eigenvalue weighted by molar-refractivity contribution is -0.140. The van der Waals surface area contributed by atoms with Gasteiger partial charge in [0, 0.05) is 24.0 Å². The number of rotatable bonds is 10. The third-order valence-corrected chi connectivity index (χ3v) is 5.71. The molecule has 2 amide bonds. The van der Waals surface area contributed by atoms with Crippen molar-refractivity contribution < 1.29 is 9.59 Å². The van der Waals surface area contributed by atoms with Crippen LogP contribution in [0.4, 0.5) is 0 Å². The molecule has 2 aromatic rings. The number of halogens is 1. The first-order valence-electron chi connectivity index (χ1n) is 10.7. The maximum absolute atomic E-state index is 13.1. The molecule has 5 heteroatoms. The summed E-state index contributed by atoms with van der Waals surface area (Å²) in [6.45, 7) is 9.07. The van der Waals surface area contributed by atoms with E-state index in [9.17, 15) is 9.59 Å². The number of benzene rings is 2. The summed E-state index contributed by atoms with van der Waals surface area (Å²) < 4.78 is 0.988. The van der Waals surface area contributed by atoms with Gasteiger partial charge in [-0.2, -0.15) is 0 Å². The van der Waals surface area contributed by atoms with Gasteiger partial charge in [0.15, 0.2) is 0 Å². The monoisotopic (exact) mass is 472 g/mol. The second kappa shape index (κ2) is 11.9. The van der Waals surface area contributed by atoms with Gasteiger partial charge in [0.05, 0.1) is 0 Å². The van der Waals surface area contributed by atoms with E-state index >= 15 is 0 Å². The van der Waals surface area contributed by atoms with Crippen LogP contribution < -0.4 is 5.32 Å². The molecule has 0 saturated carbocycles. The number of hydrogen-bond acceptors (Lipinski definition) is 2. The predicted molar refractivity (Wildman–Crippen MR) is 126 cm³/mol. The Kier molecular flexibility index (Phi) is 9.57. The predicted octanol–water partition coefficient (Wildman–Crippen LogP) is 5.13. The quantitative estimate of drug-likeness (QED) is 0.520. The number of hydrogen-bond donors (Lipinski definition) is 1. The number of carbonyl (C=O) groups is 2. The van der Waals surface area contributed by atoms with Crippen molar-refractivity contribution in [3.63, 3.8) is 0 Å². The van der Waals surface area contributed by atoms with Gasteiger partial charge in [0.2, 0.25) is 11.8 Å². The van der Waals surface area contributed by atoms with Crippen molar-refractivity contribution in [1.82, 2.24) is 10.2 Å². The van der Waals surface area contributed by atoms with E-state index in [1.807, 2.05) is 31.2 Å². The van der Waals surface area contributed by atoms with Crippen LogP contribution >= 0.6 is 15.9 Å². The standard InChI is InChI=1S/C25H33BrN2O2/c1-5-20-6-8-21(9-7-20)12-15-24(29)28(17-22-10-13-23(26)14-11-22)19(4)25(30)27-16-18(2)3/h6-11,13-14,18-19H,5,12,15-17H2,1-4H3,(H,27,30)/t19-/m1/s1. The maximum Gasteiger partial charge on any atom is 0.242 e. The van der Waals surface area contributed by atoms with Crippen molar-refractivity contribution >= 4 is 27.7 Å². The van der Waals surface area contributed by atoms with Crippen LogP contribution in [0.5, 0.6) is 0 Å². The van der Waals surface area contributed by atoms with E-state index in [0.29, 0.717) is 31.8 Å². The number of nitrogens with one attached hydrogen (secondary N) is 1. The van der Waals surface area contributed by atoms with E-state index in [1.165, 1.54) is 5.56 Å². The highest BCUT2D eigenvalue weighted by molar-refractivity contribution is 9.10. The maximum atomic E-state index is 13.1. The lowest BCUT2D eigenvalue weighted by atomic mass is 10.0. The first kappa shape index (κ1) is 24.1. The van der Waals surface area contributed by atoms with Crippen LogP contribution in [0.25, 0.3) is 0 Å². The fourth-order valence-electron chi connectivity index (χ4n) is 3.16. The molecule has 1 N–H and O–H groups in total. The minimum absolute atomic E-state index is 0.00955. The molecular weight excluding hydrogens is 440 g/mol. The zero-order valence-corrected chi connectivity index (χ0v) is 20.0. The Morgan fingerprint density at radius 3 is 2.07 bits per heavy atom. The van der Waals surface area contributed by atoms with Crippen LogP contribution in [0.2, 0.25) is 0 Å². The molecule has 162 valence electrons. The van der Waals surface area contributed by atoms with Crippen LogP contribution in [0.1, 0.15) is 50.8 Å². The number of nitrogens with zero attached hydrogens (tertiary/aromatic N) is 1. The van der Waals surface area contributed by atoms with Gasteiger partial charge in [-0.05, 0) is 54.5 Å². The SMILES string of the molecule is CCc1ccc(CCC(=O)N(Cc2ccc(Br)cc2)[C@H](C)C(=O)NCC(C)C)cc1. The smallest absolute Gasteiger partial charge is 0.242 e. The van der Waals surface area contributed by atoms with Gasteiger partial charge >= 0.3 is 0 Å². The van der Waals surface area contributed by atoms with Crippen molar-refractivity contribution in [1.29, 1.82) is 0 Å². The molecule has 0 aliphatic carbocycles. The molecule has 0 unspecified atom stereocenters. The van der Waals surface area contributed by atoms with Crippen LogP contribution in [-0.4, -0.2) is 29.3 Å². The van der Waals surface area contributed by atoms with Gasteiger partial charge in [-0.1, -0.05) is 73.1 Å². The van der Waals surface area contributed by atoms with Gasteiger partial charge < -0.3 is 10.2 Å². The third-order valence-electron chi connectivity index (χ3n) is 5.18. The van der Waals surface area contributed by atoms with E-state index in [1.54, 1.807) is 4.90 Å². The van der Waals surface area contributed by atoms with Crippen LogP contribution in [-0.2, 0) is 29.0 Å². The molecular formula is C25H33BrN2O2. The van der Waals surface area contributed by atoms with Crippen molar-refractivity contribution in [3.05, 3.63) is 69.7 Å². The van der Waals surface area contributed by atoms with Crippen LogP contribution in [0.3, 0.4) is 0 Å². The molecule has 0 fully saturated rings. The summed E-state index contributed by atoms with van der Waals surface area (Å²) in [6, 6.07) is 15.7. The Bertz CT molecular complexity index is 816. The minimum Gasteiger partial charge on any atom is -0.354 e. The molecule has 0 saturated heterocycles. The summed E-state index contributed by atoms with van der Waals surface area (Å²) in [5.41, 5.74) is 3.43. The van der Waals surface area contributed by atoms with Crippen LogP contribution in [0, 0.1) is 5.92 Å². The average molecular weight is 473 g/mol. The molecule has 1 atom stereocenters. The van der Waals surface area contributed by atoms with Gasteiger partial charge in [0.1, 0.15) is 6.04 Å². The summed E-state index contributed by atoms with van der Waals surface area (Å²) in [7, 11) is 0. The number of aryl methyl sites for hydroxylation is 2. The molecule has 0 bridgehead atoms. The highest BCUT2D eigenvalue weighted by atomic mass is 79.9. The number of amides is 2. The lowest BCUT2D eigenvalue weighted by Gasteiger charge is -2.29. The van der Waals surface area contributed by atoms with Gasteiger partial charge in [-0.15, -0.1) is 0 Å². The largest absolute Gasteiger partial charge is 0.354 e. The Morgan fingerprint density at radius 1 is 0.933 bits per heavy atom. The fraction of sp³-hybridized carbons (Fsp3) is 0.440. The van der Waals surface area contributed by atoms with E-state index in [4.69, 9.17) is 0 Å². The summed E-state index contributed by atoms with van der Waals surface area (Å²) in [5, 5.41) is 2.96. The normalized spacial score (nSPS) is 11.9. The summed E-state index contributed by atoms with van der Waals surface area (Å²) >= 11 is 3.44. The van der Waals surface area contributed by atoms with E-state index in [0.717, 1.165) is 22.0 Å². The highest BCUT2D eigenvalue weighted by Gasteiger charge is 2.25. The summed E-state index contributed by atoms with van der Waals surface area (Å²) in [4.78, 5) is 27.5. The number of carbonyl (C=O) groups excluding carboxylic acids is 2. The van der Waals surface area contributed by atoms with Crippen LogP contribution in [0.15, 0.2) is 53.0 Å². The van der Waals surface area contributed by atoms with E-state index in [2.05, 4.69) is 66.3 Å². The second-order valence-corrected chi connectivity index (χ2v) is 9.05. The zero-order chi connectivity index (χ0) is 22.1. The van der Waals surface area contributed by atoms with Crippen molar-refractivity contribution in [2.75, 3.05) is 6.54 Å². The van der Waals surface area contributed by atoms with Crippen molar-refractivity contribution in [2.45, 2.75) is 59.5 Å². The topological polar surface area (TPSA) is 49.4 Å². The summed E-state index contributed by atoms with van der Waals surface area (Å²) in [6.07, 6.45) is 2.05. The Morgan fingerprint density at radius 2 is 1.50 bits per heavy atom. The molecule has 0 heterocycles. The van der Waals surface area contributed by atoms with Gasteiger partial charge in [-0.25, -0.2) is 0 Å². The molecule has 0 aromatic heterocycles. The minimum atomic E-state index is -0.526. The van der Waals surface area contributed by atoms with E-state index in [-0.39, 0.29) is 11.8 Å². The molecule has 2 aromatic carbocycles. The summed E-state index contributed by atoms with van der Waals surface area (Å²) in [5.74, 6) is 0.244. The Hall–Kier alpha value is -2.14. The molecule has 0 aliphatic heterocycles. The first-order valence-corrected chi connectivity index (χ1v) is 11.5. The van der Waals surface area contributed by atoms with Crippen molar-refractivity contribution in [3.8, 4) is 0 Å². The Balaban J connectivity index is 2.10. The molecule has 30 heavy (non-hydrogen) atoms. The highest BCUT2D eigenvalue weighted by Crippen LogP contribution is 2.16. The van der Waals surface area contributed by atoms with Crippen molar-refractivity contribution in [2.24, 2.45) is 5.92 Å². The molecule has 0 radical (unpaired) electrons. The second-order valence-electron chi connectivity index (χ2n) is 8.13. The van der Waals surface area contributed by atoms with Gasteiger partial charge in [-0.3, -0.25) is 9.59 Å². The third kappa shape index (κ3) is 7.60. The zero-order valence-electron chi connectivity index (χ0n) is 18.5. The molecule has 0 spiro atoms. The molecule has 2 rings (SSSR count). The first-order chi connectivity index (χ1) is 14.3. The van der Waals surface area contributed by atoms with E-state index < -0.39 is 6.04 Å².